The first-order valence-corrected chi connectivity index (χ1v) is 12.6. The number of nitrogens with zero attached hydrogens (tertiary/aromatic N) is 1. The number of rotatable bonds is 8. The van der Waals surface area contributed by atoms with Gasteiger partial charge in [-0.15, -0.1) is 0 Å². The second kappa shape index (κ2) is 12.0. The fraction of sp³-hybridized carbons (Fsp3) is 0.519. The van der Waals surface area contributed by atoms with Crippen molar-refractivity contribution in [3.63, 3.8) is 0 Å². The molecular formula is C27H36N4O5. The first-order valence-electron chi connectivity index (χ1n) is 12.6. The zero-order valence-electron chi connectivity index (χ0n) is 21.0. The van der Waals surface area contributed by atoms with Gasteiger partial charge in [-0.3, -0.25) is 19.2 Å². The van der Waals surface area contributed by atoms with Crippen molar-refractivity contribution >= 4 is 36.0 Å². The molecule has 0 aliphatic carbocycles. The maximum Gasteiger partial charge on any atom is 0.246 e. The van der Waals surface area contributed by atoms with Crippen LogP contribution in [0.3, 0.4) is 0 Å². The minimum atomic E-state index is -1.29. The van der Waals surface area contributed by atoms with E-state index in [0.29, 0.717) is 25.8 Å². The molecule has 0 aromatic heterocycles. The normalized spacial score (nSPS) is 27.2. The number of benzene rings is 1. The van der Waals surface area contributed by atoms with Gasteiger partial charge >= 0.3 is 0 Å². The van der Waals surface area contributed by atoms with E-state index in [-0.39, 0.29) is 31.6 Å². The highest BCUT2D eigenvalue weighted by Crippen LogP contribution is 2.22. The molecule has 2 fully saturated rings. The van der Waals surface area contributed by atoms with Crippen LogP contribution in [0.5, 0.6) is 0 Å². The third kappa shape index (κ3) is 6.19. The summed E-state index contributed by atoms with van der Waals surface area (Å²) in [6.07, 6.45) is 5.06. The van der Waals surface area contributed by atoms with Gasteiger partial charge in [-0.05, 0) is 50.2 Å². The number of unbranched alkanes of at least 4 members (excludes halogenated alkanes) is 1. The molecule has 0 unspecified atom stereocenters. The van der Waals surface area contributed by atoms with Gasteiger partial charge in [0.25, 0.3) is 0 Å². The number of nitrogens with one attached hydrogen (secondary N) is 3. The van der Waals surface area contributed by atoms with Crippen LogP contribution < -0.4 is 16.0 Å². The topological polar surface area (TPSA) is 125 Å². The molecule has 3 N–H and O–H groups in total. The molecule has 36 heavy (non-hydrogen) atoms. The molecular weight excluding hydrogens is 460 g/mol. The Hall–Kier alpha value is -3.49. The predicted octanol–water partition coefficient (Wildman–Crippen LogP) is 1.50. The summed E-state index contributed by atoms with van der Waals surface area (Å²) >= 11 is 0. The van der Waals surface area contributed by atoms with Gasteiger partial charge in [-0.2, -0.15) is 0 Å². The lowest BCUT2D eigenvalue weighted by molar-refractivity contribution is -0.144. The Morgan fingerprint density at radius 2 is 1.81 bits per heavy atom. The Balaban J connectivity index is 1.95. The van der Waals surface area contributed by atoms with E-state index in [1.807, 2.05) is 24.3 Å². The fourth-order valence-electron chi connectivity index (χ4n) is 4.65. The molecule has 194 valence electrons. The summed E-state index contributed by atoms with van der Waals surface area (Å²) < 4.78 is 0. The summed E-state index contributed by atoms with van der Waals surface area (Å²) in [7, 11) is 0. The van der Waals surface area contributed by atoms with Gasteiger partial charge in [0.05, 0.1) is 0 Å². The summed E-state index contributed by atoms with van der Waals surface area (Å²) in [6, 6.07) is 5.00. The van der Waals surface area contributed by atoms with E-state index >= 15 is 0 Å². The van der Waals surface area contributed by atoms with Crippen LogP contribution in [0.1, 0.15) is 63.5 Å². The highest BCUT2D eigenvalue weighted by atomic mass is 16.2. The maximum absolute atomic E-state index is 13.7. The second-order valence-electron chi connectivity index (χ2n) is 9.70. The Morgan fingerprint density at radius 1 is 1.08 bits per heavy atom. The number of hydrogen-bond acceptors (Lipinski definition) is 5. The number of amides is 4. The Labute approximate surface area is 212 Å². The second-order valence-corrected chi connectivity index (χ2v) is 9.70. The molecule has 9 heteroatoms. The highest BCUT2D eigenvalue weighted by molar-refractivity contribution is 5.99. The Morgan fingerprint density at radius 3 is 2.44 bits per heavy atom. The molecule has 0 radical (unpaired) electrons. The molecule has 3 rings (SSSR count). The van der Waals surface area contributed by atoms with Crippen molar-refractivity contribution in [1.82, 2.24) is 20.9 Å². The summed E-state index contributed by atoms with van der Waals surface area (Å²) in [4.78, 5) is 65.9. The van der Waals surface area contributed by atoms with Crippen LogP contribution in [0.15, 0.2) is 30.8 Å². The smallest absolute Gasteiger partial charge is 0.246 e. The van der Waals surface area contributed by atoms with Crippen molar-refractivity contribution in [1.29, 1.82) is 0 Å². The molecule has 2 heterocycles. The molecule has 1 aromatic rings. The van der Waals surface area contributed by atoms with Crippen molar-refractivity contribution in [3.8, 4) is 0 Å². The van der Waals surface area contributed by atoms with E-state index in [1.165, 1.54) is 4.90 Å². The molecule has 2 aliphatic heterocycles. The quantitative estimate of drug-likeness (QED) is 0.372. The van der Waals surface area contributed by atoms with E-state index in [2.05, 4.69) is 22.5 Å². The maximum atomic E-state index is 13.7. The van der Waals surface area contributed by atoms with Crippen LogP contribution in [0, 0.1) is 0 Å². The van der Waals surface area contributed by atoms with Crippen LogP contribution in [-0.4, -0.2) is 65.0 Å². The number of fused-ring (bicyclic) bond motifs is 1. The predicted molar refractivity (Wildman–Crippen MR) is 136 cm³/mol. The highest BCUT2D eigenvalue weighted by Gasteiger charge is 2.43. The van der Waals surface area contributed by atoms with Gasteiger partial charge in [0.15, 0.2) is 0 Å². The first-order chi connectivity index (χ1) is 17.2. The lowest BCUT2D eigenvalue weighted by Gasteiger charge is -2.35. The Kier molecular flexibility index (Phi) is 9.01. The number of aldehydes is 1. The molecule has 0 bridgehead atoms. The van der Waals surface area contributed by atoms with Crippen LogP contribution in [-0.2, 0) is 30.4 Å². The molecule has 2 saturated heterocycles. The monoisotopic (exact) mass is 496 g/mol. The summed E-state index contributed by atoms with van der Waals surface area (Å²) in [6.45, 7) is 7.52. The van der Waals surface area contributed by atoms with Gasteiger partial charge < -0.3 is 25.6 Å². The van der Waals surface area contributed by atoms with Crippen LogP contribution in [0.2, 0.25) is 0 Å². The minimum Gasteiger partial charge on any atom is -0.343 e. The standard InChI is InChI=1S/C27H36N4O5/c1-4-18-11-13-19(14-12-18)17-21-25(35)31-15-8-10-22(31)24(34)28-20(9-6-7-16-32)23(33)30-27(3,5-2)26(36)29-21/h4,11-14,16,20-22H,1,5-10,15,17H2,2-3H3,(H,28,34)(H,29,36)(H,30,33)/t20-,21-,22+,27-/m0/s1. The van der Waals surface area contributed by atoms with E-state index in [9.17, 15) is 24.0 Å². The van der Waals surface area contributed by atoms with E-state index in [4.69, 9.17) is 0 Å². The van der Waals surface area contributed by atoms with Crippen molar-refractivity contribution in [2.24, 2.45) is 0 Å². The summed E-state index contributed by atoms with van der Waals surface area (Å²) in [5, 5.41) is 8.46. The zero-order chi connectivity index (χ0) is 26.3. The minimum absolute atomic E-state index is 0.245. The van der Waals surface area contributed by atoms with Crippen molar-refractivity contribution in [2.75, 3.05) is 6.54 Å². The van der Waals surface area contributed by atoms with Crippen LogP contribution in [0.4, 0.5) is 0 Å². The number of carbonyl (C=O) groups excluding carboxylic acids is 5. The van der Waals surface area contributed by atoms with Crippen LogP contribution in [0.25, 0.3) is 6.08 Å². The third-order valence-corrected chi connectivity index (χ3v) is 7.15. The summed E-state index contributed by atoms with van der Waals surface area (Å²) in [5.41, 5.74) is 0.497. The molecule has 9 nitrogen and oxygen atoms in total. The van der Waals surface area contributed by atoms with Crippen molar-refractivity contribution in [2.45, 2.75) is 82.5 Å². The molecule has 0 spiro atoms. The van der Waals surface area contributed by atoms with Crippen molar-refractivity contribution < 1.29 is 24.0 Å². The van der Waals surface area contributed by atoms with Gasteiger partial charge in [0.2, 0.25) is 23.6 Å². The largest absolute Gasteiger partial charge is 0.343 e. The third-order valence-electron chi connectivity index (χ3n) is 7.15. The lowest BCUT2D eigenvalue weighted by Crippen LogP contribution is -2.65. The molecule has 4 atom stereocenters. The van der Waals surface area contributed by atoms with E-state index in [1.54, 1.807) is 19.9 Å². The van der Waals surface area contributed by atoms with Gasteiger partial charge in [-0.25, -0.2) is 0 Å². The fourth-order valence-corrected chi connectivity index (χ4v) is 4.65. The lowest BCUT2D eigenvalue weighted by atomic mass is 9.94. The molecule has 4 amide bonds. The van der Waals surface area contributed by atoms with E-state index < -0.39 is 41.4 Å². The Bertz CT molecular complexity index is 1010. The molecule has 2 aliphatic rings. The van der Waals surface area contributed by atoms with Gasteiger partial charge in [-0.1, -0.05) is 43.8 Å². The number of carbonyl (C=O) groups is 5. The molecule has 1 aromatic carbocycles. The van der Waals surface area contributed by atoms with Crippen molar-refractivity contribution in [3.05, 3.63) is 42.0 Å². The van der Waals surface area contributed by atoms with Crippen LogP contribution >= 0.6 is 0 Å². The van der Waals surface area contributed by atoms with Gasteiger partial charge in [0, 0.05) is 19.4 Å². The molecule has 0 saturated carbocycles. The first kappa shape index (κ1) is 27.1. The van der Waals surface area contributed by atoms with Gasteiger partial charge in [0.1, 0.15) is 30.0 Å². The summed E-state index contributed by atoms with van der Waals surface area (Å²) in [5.74, 6) is -1.67. The average Bonchev–Trinajstić information content (AvgIpc) is 3.37. The number of hydrogen-bond donors (Lipinski definition) is 3. The SMILES string of the molecule is C=Cc1ccc(C[C@@H]2NC(=O)[C@](C)(CC)NC(=O)[C@H](CCCC=O)NC(=O)[C@H]3CCCN3C2=O)cc1. The van der Waals surface area contributed by atoms with E-state index in [0.717, 1.165) is 17.4 Å². The average molecular weight is 497 g/mol. The zero-order valence-corrected chi connectivity index (χ0v) is 21.0.